The number of hydrogen-bond acceptors (Lipinski definition) is 4. The predicted octanol–water partition coefficient (Wildman–Crippen LogP) is 2.34. The third kappa shape index (κ3) is 3.91. The van der Waals surface area contributed by atoms with Gasteiger partial charge in [0.2, 0.25) is 5.91 Å². The van der Waals surface area contributed by atoms with E-state index in [9.17, 15) is 4.79 Å². The van der Waals surface area contributed by atoms with E-state index in [0.717, 1.165) is 37.1 Å². The summed E-state index contributed by atoms with van der Waals surface area (Å²) in [4.78, 5) is 17.6. The first-order valence-corrected chi connectivity index (χ1v) is 8.29. The van der Waals surface area contributed by atoms with Crippen LogP contribution in [0.3, 0.4) is 0 Å². The van der Waals surface area contributed by atoms with E-state index in [4.69, 9.17) is 9.57 Å². The van der Waals surface area contributed by atoms with Crippen molar-refractivity contribution in [1.82, 2.24) is 5.32 Å². The van der Waals surface area contributed by atoms with E-state index < -0.39 is 0 Å². The van der Waals surface area contributed by atoms with Crippen molar-refractivity contribution in [2.75, 3.05) is 19.8 Å². The molecule has 2 atom stereocenters. The zero-order chi connectivity index (χ0) is 16.2. The molecule has 0 aromatic heterocycles. The smallest absolute Gasteiger partial charge is 0.225 e. The molecule has 3 rings (SSSR count). The van der Waals surface area contributed by atoms with Crippen LogP contribution in [-0.2, 0) is 14.4 Å². The Morgan fingerprint density at radius 1 is 1.35 bits per heavy atom. The Hall–Kier alpha value is -1.88. The number of hydrogen-bond donors (Lipinski definition) is 1. The molecule has 1 amide bonds. The van der Waals surface area contributed by atoms with E-state index in [-0.39, 0.29) is 17.9 Å². The van der Waals surface area contributed by atoms with E-state index in [1.165, 1.54) is 11.1 Å². The Labute approximate surface area is 137 Å². The van der Waals surface area contributed by atoms with Crippen molar-refractivity contribution >= 4 is 11.6 Å². The highest BCUT2D eigenvalue weighted by Crippen LogP contribution is 2.19. The molecule has 1 aromatic rings. The van der Waals surface area contributed by atoms with Crippen molar-refractivity contribution in [3.8, 4) is 0 Å². The Bertz CT molecular complexity index is 606. The lowest BCUT2D eigenvalue weighted by Crippen LogP contribution is -2.39. The number of amides is 1. The summed E-state index contributed by atoms with van der Waals surface area (Å²) in [5, 5.41) is 7.16. The molecule has 0 aliphatic carbocycles. The first-order valence-electron chi connectivity index (χ1n) is 8.29. The first kappa shape index (κ1) is 16.0. The molecule has 2 aliphatic heterocycles. The number of oxime groups is 1. The topological polar surface area (TPSA) is 59.9 Å². The molecule has 1 N–H and O–H groups in total. The standard InChI is InChI=1S/C18H24N2O3/c1-12-5-6-14(8-13(12)2)17-9-16(23-20-17)10-19-18(21)15-4-3-7-22-11-15/h5-6,8,15-16H,3-4,7,9-11H2,1-2H3,(H,19,21)/t15-,16+/m1/s1. The van der Waals surface area contributed by atoms with Gasteiger partial charge in [0.25, 0.3) is 0 Å². The summed E-state index contributed by atoms with van der Waals surface area (Å²) in [7, 11) is 0. The van der Waals surface area contributed by atoms with Crippen LogP contribution in [0.5, 0.6) is 0 Å². The summed E-state index contributed by atoms with van der Waals surface area (Å²) >= 11 is 0. The molecule has 1 fully saturated rings. The van der Waals surface area contributed by atoms with Crippen molar-refractivity contribution in [2.24, 2.45) is 11.1 Å². The van der Waals surface area contributed by atoms with Crippen molar-refractivity contribution in [1.29, 1.82) is 0 Å². The van der Waals surface area contributed by atoms with E-state index in [0.29, 0.717) is 13.2 Å². The highest BCUT2D eigenvalue weighted by molar-refractivity contribution is 6.01. The lowest BCUT2D eigenvalue weighted by Gasteiger charge is -2.21. The lowest BCUT2D eigenvalue weighted by molar-refractivity contribution is -0.129. The Morgan fingerprint density at radius 2 is 2.22 bits per heavy atom. The van der Waals surface area contributed by atoms with Crippen LogP contribution in [0.15, 0.2) is 23.4 Å². The maximum Gasteiger partial charge on any atom is 0.225 e. The number of nitrogens with zero attached hydrogens (tertiary/aromatic N) is 1. The maximum atomic E-state index is 12.1. The van der Waals surface area contributed by atoms with E-state index in [1.807, 2.05) is 0 Å². The average molecular weight is 316 g/mol. The average Bonchev–Trinajstić information content (AvgIpc) is 3.05. The lowest BCUT2D eigenvalue weighted by atomic mass is 9.99. The molecular weight excluding hydrogens is 292 g/mol. The molecule has 1 aromatic carbocycles. The van der Waals surface area contributed by atoms with Gasteiger partial charge in [-0.15, -0.1) is 0 Å². The number of ether oxygens (including phenoxy) is 1. The van der Waals surface area contributed by atoms with Crippen LogP contribution in [-0.4, -0.2) is 37.5 Å². The van der Waals surface area contributed by atoms with Crippen molar-refractivity contribution in [3.05, 3.63) is 34.9 Å². The SMILES string of the molecule is Cc1ccc(C2=NO[C@H](CNC(=O)[C@@H]3CCCOC3)C2)cc1C. The number of nitrogens with one attached hydrogen (secondary N) is 1. The fourth-order valence-electron chi connectivity index (χ4n) is 2.94. The first-order chi connectivity index (χ1) is 11.1. The summed E-state index contributed by atoms with van der Waals surface area (Å²) in [6, 6.07) is 6.31. The molecule has 5 nitrogen and oxygen atoms in total. The molecule has 124 valence electrons. The van der Waals surface area contributed by atoms with Gasteiger partial charge in [0.15, 0.2) is 0 Å². The van der Waals surface area contributed by atoms with Gasteiger partial charge < -0.3 is 14.9 Å². The van der Waals surface area contributed by atoms with Gasteiger partial charge in [-0.3, -0.25) is 4.79 Å². The third-order valence-electron chi connectivity index (χ3n) is 4.61. The van der Waals surface area contributed by atoms with Crippen molar-refractivity contribution < 1.29 is 14.4 Å². The van der Waals surface area contributed by atoms with Crippen LogP contribution in [0.2, 0.25) is 0 Å². The minimum Gasteiger partial charge on any atom is -0.390 e. The largest absolute Gasteiger partial charge is 0.390 e. The summed E-state index contributed by atoms with van der Waals surface area (Å²) in [5.41, 5.74) is 4.57. The molecule has 23 heavy (non-hydrogen) atoms. The number of benzene rings is 1. The van der Waals surface area contributed by atoms with Gasteiger partial charge in [0, 0.05) is 13.0 Å². The Balaban J connectivity index is 1.49. The normalized spacial score (nSPS) is 24.0. The van der Waals surface area contributed by atoms with Crippen LogP contribution in [0, 0.1) is 19.8 Å². The van der Waals surface area contributed by atoms with Gasteiger partial charge in [-0.05, 0) is 49.4 Å². The monoisotopic (exact) mass is 316 g/mol. The van der Waals surface area contributed by atoms with E-state index in [1.54, 1.807) is 0 Å². The van der Waals surface area contributed by atoms with Crippen LogP contribution >= 0.6 is 0 Å². The molecule has 0 radical (unpaired) electrons. The fraction of sp³-hybridized carbons (Fsp3) is 0.556. The summed E-state index contributed by atoms with van der Waals surface area (Å²) in [5.74, 6) is 0.0400. The highest BCUT2D eigenvalue weighted by Gasteiger charge is 2.26. The number of aryl methyl sites for hydroxylation is 2. The second-order valence-corrected chi connectivity index (χ2v) is 6.43. The van der Waals surface area contributed by atoms with Gasteiger partial charge in [0.05, 0.1) is 24.8 Å². The maximum absolute atomic E-state index is 12.1. The highest BCUT2D eigenvalue weighted by atomic mass is 16.6. The Morgan fingerprint density at radius 3 is 2.96 bits per heavy atom. The minimum absolute atomic E-state index is 0.0229. The quantitative estimate of drug-likeness (QED) is 0.927. The van der Waals surface area contributed by atoms with E-state index >= 15 is 0 Å². The summed E-state index contributed by atoms with van der Waals surface area (Å²) < 4.78 is 5.36. The van der Waals surface area contributed by atoms with Crippen LogP contribution in [0.25, 0.3) is 0 Å². The fourth-order valence-corrected chi connectivity index (χ4v) is 2.94. The van der Waals surface area contributed by atoms with Crippen LogP contribution < -0.4 is 5.32 Å². The third-order valence-corrected chi connectivity index (χ3v) is 4.61. The summed E-state index contributed by atoms with van der Waals surface area (Å²) in [6.45, 7) is 5.98. The second kappa shape index (κ2) is 7.13. The number of carbonyl (C=O) groups is 1. The Kier molecular flexibility index (Phi) is 4.96. The van der Waals surface area contributed by atoms with Gasteiger partial charge in [-0.25, -0.2) is 0 Å². The molecule has 0 bridgehead atoms. The van der Waals surface area contributed by atoms with Gasteiger partial charge in [0.1, 0.15) is 6.10 Å². The van der Waals surface area contributed by atoms with Crippen LogP contribution in [0.4, 0.5) is 0 Å². The molecule has 2 aliphatic rings. The zero-order valence-corrected chi connectivity index (χ0v) is 13.8. The second-order valence-electron chi connectivity index (χ2n) is 6.43. The molecule has 5 heteroatoms. The number of rotatable bonds is 4. The summed E-state index contributed by atoms with van der Waals surface area (Å²) in [6.07, 6.45) is 2.50. The zero-order valence-electron chi connectivity index (χ0n) is 13.8. The van der Waals surface area contributed by atoms with Gasteiger partial charge in [-0.1, -0.05) is 17.3 Å². The molecule has 2 heterocycles. The van der Waals surface area contributed by atoms with E-state index in [2.05, 4.69) is 42.5 Å². The van der Waals surface area contributed by atoms with Crippen molar-refractivity contribution in [2.45, 2.75) is 39.2 Å². The van der Waals surface area contributed by atoms with Crippen molar-refractivity contribution in [3.63, 3.8) is 0 Å². The van der Waals surface area contributed by atoms with Gasteiger partial charge >= 0.3 is 0 Å². The molecule has 0 saturated carbocycles. The van der Waals surface area contributed by atoms with Gasteiger partial charge in [-0.2, -0.15) is 0 Å². The van der Waals surface area contributed by atoms with Crippen LogP contribution in [0.1, 0.15) is 36.0 Å². The molecule has 0 spiro atoms. The molecular formula is C18H24N2O3. The molecule has 1 saturated heterocycles. The predicted molar refractivity (Wildman–Crippen MR) is 88.5 cm³/mol. The minimum atomic E-state index is -0.0833. The number of carbonyl (C=O) groups excluding carboxylic acids is 1. The molecule has 0 unspecified atom stereocenters.